The molecular formula is C21H34O. The highest BCUT2D eigenvalue weighted by Crippen LogP contribution is 2.33. The number of ether oxygens (including phenoxy) is 1. The lowest BCUT2D eigenvalue weighted by Gasteiger charge is -2.28. The fourth-order valence-electron chi connectivity index (χ4n) is 3.41. The Morgan fingerprint density at radius 3 is 2.18 bits per heavy atom. The predicted molar refractivity (Wildman–Crippen MR) is 95.5 cm³/mol. The van der Waals surface area contributed by atoms with Crippen LogP contribution >= 0.6 is 0 Å². The Hall–Kier alpha value is -0.980. The molecule has 0 unspecified atom stereocenters. The highest BCUT2D eigenvalue weighted by Gasteiger charge is 2.20. The first-order valence-electron chi connectivity index (χ1n) is 11.2. The molecule has 0 aromatic heterocycles. The summed E-state index contributed by atoms with van der Waals surface area (Å²) in [6, 6.07) is 0.113. The molecule has 22 heavy (non-hydrogen) atoms. The number of hydrogen-bond acceptors (Lipinski definition) is 1. The highest BCUT2D eigenvalue weighted by atomic mass is 16.5. The summed E-state index contributed by atoms with van der Waals surface area (Å²) < 4.78 is 38.5. The van der Waals surface area contributed by atoms with Crippen LogP contribution in [-0.2, 0) is 6.42 Å². The molecule has 0 aliphatic heterocycles. The first-order valence-corrected chi connectivity index (χ1v) is 9.21. The van der Waals surface area contributed by atoms with Crippen LogP contribution < -0.4 is 4.74 Å². The summed E-state index contributed by atoms with van der Waals surface area (Å²) in [6.07, 6.45) is 11.1. The Bertz CT molecular complexity index is 551. The molecule has 0 radical (unpaired) electrons. The first-order chi connectivity index (χ1) is 12.5. The second-order valence-electron chi connectivity index (χ2n) is 6.72. The maximum absolute atomic E-state index is 8.29. The maximum atomic E-state index is 8.29. The van der Waals surface area contributed by atoms with Gasteiger partial charge in [-0.2, -0.15) is 0 Å². The van der Waals surface area contributed by atoms with Gasteiger partial charge in [0.1, 0.15) is 5.75 Å². The minimum absolute atomic E-state index is 0.0243. The third-order valence-corrected chi connectivity index (χ3v) is 4.86. The molecule has 1 nitrogen and oxygen atoms in total. The summed E-state index contributed by atoms with van der Waals surface area (Å²) in [7, 11) is 0. The monoisotopic (exact) mass is 306 g/mol. The van der Waals surface area contributed by atoms with Gasteiger partial charge in [0, 0.05) is 0 Å². The number of benzene rings is 1. The van der Waals surface area contributed by atoms with E-state index in [1.807, 2.05) is 0 Å². The lowest BCUT2D eigenvalue weighted by molar-refractivity contribution is 0.252. The maximum Gasteiger partial charge on any atom is 0.119 e. The van der Waals surface area contributed by atoms with E-state index in [2.05, 4.69) is 13.8 Å². The molecule has 1 aliphatic rings. The zero-order valence-electron chi connectivity index (χ0n) is 18.3. The van der Waals surface area contributed by atoms with Crippen molar-refractivity contribution in [3.8, 4) is 5.75 Å². The smallest absolute Gasteiger partial charge is 0.119 e. The lowest BCUT2D eigenvalue weighted by atomic mass is 9.78. The van der Waals surface area contributed by atoms with E-state index in [1.54, 1.807) is 0 Å². The minimum atomic E-state index is -0.0243. The van der Waals surface area contributed by atoms with Gasteiger partial charge in [-0.15, -0.1) is 0 Å². The van der Waals surface area contributed by atoms with E-state index in [4.69, 9.17) is 10.2 Å². The van der Waals surface area contributed by atoms with E-state index >= 15 is 0 Å². The average Bonchev–Trinajstić information content (AvgIpc) is 2.64. The van der Waals surface area contributed by atoms with Crippen LogP contribution in [0.5, 0.6) is 5.75 Å². The molecule has 1 saturated carbocycles. The van der Waals surface area contributed by atoms with Crippen LogP contribution in [0.1, 0.15) is 82.7 Å². The molecule has 0 amide bonds. The lowest BCUT2D eigenvalue weighted by Crippen LogP contribution is -2.15. The quantitative estimate of drug-likeness (QED) is 0.479. The van der Waals surface area contributed by atoms with Crippen molar-refractivity contribution in [2.45, 2.75) is 78.1 Å². The largest absolute Gasteiger partial charge is 0.494 e. The summed E-state index contributed by atoms with van der Waals surface area (Å²) >= 11 is 0. The molecular weight excluding hydrogens is 268 g/mol. The molecule has 0 spiro atoms. The van der Waals surface area contributed by atoms with Crippen LogP contribution in [0.15, 0.2) is 24.2 Å². The van der Waals surface area contributed by atoms with E-state index in [0.717, 1.165) is 25.2 Å². The zero-order chi connectivity index (χ0) is 19.1. The van der Waals surface area contributed by atoms with E-state index in [-0.39, 0.29) is 29.9 Å². The molecule has 0 atom stereocenters. The number of unbranched alkanes of at least 4 members (excludes halogenated alkanes) is 1. The molecule has 1 fully saturated rings. The van der Waals surface area contributed by atoms with Gasteiger partial charge in [-0.1, -0.05) is 70.9 Å². The van der Waals surface area contributed by atoms with Crippen LogP contribution in [0.4, 0.5) is 0 Å². The topological polar surface area (TPSA) is 9.23 Å². The fourth-order valence-corrected chi connectivity index (χ4v) is 3.41. The Morgan fingerprint density at radius 1 is 0.955 bits per heavy atom. The van der Waals surface area contributed by atoms with Gasteiger partial charge in [-0.25, -0.2) is 0 Å². The Kier molecular flexibility index (Phi) is 5.61. The summed E-state index contributed by atoms with van der Waals surface area (Å²) in [5.74, 6) is 1.65. The van der Waals surface area contributed by atoms with Gasteiger partial charge in [0.25, 0.3) is 0 Å². The molecule has 1 aromatic rings. The Labute approximate surface area is 143 Å². The first kappa shape index (κ1) is 12.4. The molecule has 0 N–H and O–H groups in total. The molecule has 1 aliphatic carbocycles. The SMILES string of the molecule is [2H]c1c([2H])c(OCCCC)c([2H])c([2H])c1CCC1CCC(CCC)CC1. The van der Waals surface area contributed by atoms with Gasteiger partial charge in [-0.05, 0) is 48.7 Å². The van der Waals surface area contributed by atoms with Crippen LogP contribution in [0.2, 0.25) is 0 Å². The van der Waals surface area contributed by atoms with Crippen molar-refractivity contribution in [1.29, 1.82) is 0 Å². The second kappa shape index (κ2) is 9.92. The third kappa shape index (κ3) is 6.02. The summed E-state index contributed by atoms with van der Waals surface area (Å²) in [5, 5.41) is 0. The zero-order valence-corrected chi connectivity index (χ0v) is 14.3. The van der Waals surface area contributed by atoms with Gasteiger partial charge in [0.15, 0.2) is 0 Å². The van der Waals surface area contributed by atoms with Gasteiger partial charge < -0.3 is 4.74 Å². The van der Waals surface area contributed by atoms with Crippen LogP contribution in [0, 0.1) is 11.8 Å². The molecule has 1 heteroatoms. The Morgan fingerprint density at radius 2 is 1.59 bits per heavy atom. The van der Waals surface area contributed by atoms with Crippen molar-refractivity contribution >= 4 is 0 Å². The normalized spacial score (nSPS) is 24.3. The fraction of sp³-hybridized carbons (Fsp3) is 0.714. The van der Waals surface area contributed by atoms with Crippen molar-refractivity contribution in [3.63, 3.8) is 0 Å². The molecule has 0 saturated heterocycles. The summed E-state index contributed by atoms with van der Waals surface area (Å²) in [5.41, 5.74) is 0.554. The van der Waals surface area contributed by atoms with Crippen molar-refractivity contribution in [2.24, 2.45) is 11.8 Å². The van der Waals surface area contributed by atoms with Crippen molar-refractivity contribution < 1.29 is 10.2 Å². The molecule has 1 aromatic carbocycles. The van der Waals surface area contributed by atoms with Crippen LogP contribution in [0.25, 0.3) is 0 Å². The average molecular weight is 307 g/mol. The molecule has 2 rings (SSSR count). The number of hydrogen-bond donors (Lipinski definition) is 0. The van der Waals surface area contributed by atoms with Gasteiger partial charge in [0.05, 0.1) is 12.1 Å². The van der Waals surface area contributed by atoms with E-state index in [9.17, 15) is 0 Å². The van der Waals surface area contributed by atoms with Crippen molar-refractivity contribution in [1.82, 2.24) is 0 Å². The van der Waals surface area contributed by atoms with Crippen LogP contribution in [-0.4, -0.2) is 6.61 Å². The number of rotatable bonds is 9. The van der Waals surface area contributed by atoms with Gasteiger partial charge in [0.2, 0.25) is 0 Å². The van der Waals surface area contributed by atoms with Gasteiger partial charge in [-0.3, -0.25) is 0 Å². The highest BCUT2D eigenvalue weighted by molar-refractivity contribution is 5.27. The van der Waals surface area contributed by atoms with E-state index in [1.165, 1.54) is 38.5 Å². The van der Waals surface area contributed by atoms with Crippen molar-refractivity contribution in [2.75, 3.05) is 6.61 Å². The summed E-state index contributed by atoms with van der Waals surface area (Å²) in [6.45, 7) is 4.74. The predicted octanol–water partition coefficient (Wildman–Crippen LogP) is 6.40. The third-order valence-electron chi connectivity index (χ3n) is 4.86. The standard InChI is InChI=1S/C21H34O/c1-3-5-17-22-21-15-13-20(14-16-21)12-11-19-9-7-18(6-4-2)8-10-19/h13-16,18-19H,3-12,17H2,1-2H3/i13D,14D,15D,16D. The van der Waals surface area contributed by atoms with E-state index in [0.29, 0.717) is 24.5 Å². The molecule has 0 heterocycles. The molecule has 0 bridgehead atoms. The van der Waals surface area contributed by atoms with Gasteiger partial charge >= 0.3 is 0 Å². The Balaban J connectivity index is 2.01. The van der Waals surface area contributed by atoms with Crippen molar-refractivity contribution in [3.05, 3.63) is 29.7 Å². The van der Waals surface area contributed by atoms with E-state index < -0.39 is 0 Å². The summed E-state index contributed by atoms with van der Waals surface area (Å²) in [4.78, 5) is 0. The van der Waals surface area contributed by atoms with Crippen LogP contribution in [0.3, 0.4) is 0 Å². The minimum Gasteiger partial charge on any atom is -0.494 e. The molecule has 124 valence electrons. The second-order valence-corrected chi connectivity index (χ2v) is 6.72.